The highest BCUT2D eigenvalue weighted by Crippen LogP contribution is 2.33. The number of hydrogen-bond acceptors (Lipinski definition) is 6. The SMILES string of the molecule is COC(=O)[C@@](O)(CC(=O)OC[C@@H]1CCN2CCC[C@@H]12)CC(C)C. The van der Waals surface area contributed by atoms with Crippen LogP contribution < -0.4 is 0 Å². The molecule has 132 valence electrons. The van der Waals surface area contributed by atoms with Crippen molar-refractivity contribution < 1.29 is 24.2 Å². The molecule has 0 radical (unpaired) electrons. The Kier molecular flexibility index (Phi) is 6.03. The number of esters is 2. The third-order valence-electron chi connectivity index (χ3n) is 4.95. The minimum atomic E-state index is -1.80. The summed E-state index contributed by atoms with van der Waals surface area (Å²) in [6.07, 6.45) is 3.26. The molecule has 0 aromatic rings. The maximum absolute atomic E-state index is 12.1. The van der Waals surface area contributed by atoms with Gasteiger partial charge >= 0.3 is 11.9 Å². The third kappa shape index (κ3) is 4.44. The van der Waals surface area contributed by atoms with Gasteiger partial charge in [-0.3, -0.25) is 9.69 Å². The summed E-state index contributed by atoms with van der Waals surface area (Å²) >= 11 is 0. The highest BCUT2D eigenvalue weighted by Gasteiger charge is 2.42. The molecule has 2 saturated heterocycles. The lowest BCUT2D eigenvalue weighted by molar-refractivity contribution is -0.172. The first-order valence-electron chi connectivity index (χ1n) is 8.56. The molecule has 23 heavy (non-hydrogen) atoms. The Morgan fingerprint density at radius 1 is 1.30 bits per heavy atom. The van der Waals surface area contributed by atoms with E-state index < -0.39 is 17.5 Å². The molecular formula is C17H29NO5. The molecule has 0 bridgehead atoms. The molecule has 6 heteroatoms. The van der Waals surface area contributed by atoms with Crippen LogP contribution in [0, 0.1) is 11.8 Å². The second-order valence-corrected chi connectivity index (χ2v) is 7.28. The van der Waals surface area contributed by atoms with Crippen LogP contribution in [-0.4, -0.2) is 60.4 Å². The highest BCUT2D eigenvalue weighted by atomic mass is 16.5. The van der Waals surface area contributed by atoms with Gasteiger partial charge in [-0.2, -0.15) is 0 Å². The van der Waals surface area contributed by atoms with Crippen molar-refractivity contribution >= 4 is 11.9 Å². The van der Waals surface area contributed by atoms with E-state index in [0.717, 1.165) is 19.5 Å². The second-order valence-electron chi connectivity index (χ2n) is 7.28. The van der Waals surface area contributed by atoms with Gasteiger partial charge in [0, 0.05) is 12.0 Å². The van der Waals surface area contributed by atoms with Crippen LogP contribution in [0.15, 0.2) is 0 Å². The van der Waals surface area contributed by atoms with E-state index >= 15 is 0 Å². The molecule has 0 saturated carbocycles. The first kappa shape index (κ1) is 18.2. The molecule has 2 rings (SSSR count). The Bertz CT molecular complexity index is 439. The zero-order valence-corrected chi connectivity index (χ0v) is 14.4. The van der Waals surface area contributed by atoms with Crippen LogP contribution >= 0.6 is 0 Å². The number of rotatable bonds is 7. The Morgan fingerprint density at radius 3 is 2.70 bits per heavy atom. The Hall–Kier alpha value is -1.14. The van der Waals surface area contributed by atoms with E-state index in [4.69, 9.17) is 4.74 Å². The second kappa shape index (κ2) is 7.62. The fraction of sp³-hybridized carbons (Fsp3) is 0.882. The molecule has 0 aromatic carbocycles. The maximum Gasteiger partial charge on any atom is 0.338 e. The Labute approximate surface area is 138 Å². The largest absolute Gasteiger partial charge is 0.467 e. The van der Waals surface area contributed by atoms with Gasteiger partial charge in [-0.1, -0.05) is 13.8 Å². The van der Waals surface area contributed by atoms with E-state index in [1.807, 2.05) is 13.8 Å². The summed E-state index contributed by atoms with van der Waals surface area (Å²) in [7, 11) is 1.21. The summed E-state index contributed by atoms with van der Waals surface area (Å²) in [4.78, 5) is 26.4. The molecule has 0 unspecified atom stereocenters. The molecule has 2 fully saturated rings. The van der Waals surface area contributed by atoms with Crippen molar-refractivity contribution in [2.45, 2.75) is 57.6 Å². The number of carbonyl (C=O) groups excluding carboxylic acids is 2. The van der Waals surface area contributed by atoms with Crippen molar-refractivity contribution in [1.29, 1.82) is 0 Å². The van der Waals surface area contributed by atoms with E-state index in [9.17, 15) is 14.7 Å². The molecule has 2 aliphatic rings. The van der Waals surface area contributed by atoms with Gasteiger partial charge in [0.1, 0.15) is 0 Å². The van der Waals surface area contributed by atoms with Crippen LogP contribution in [0.2, 0.25) is 0 Å². The summed E-state index contributed by atoms with van der Waals surface area (Å²) in [6, 6.07) is 0.526. The zero-order valence-electron chi connectivity index (χ0n) is 14.4. The molecule has 0 amide bonds. The molecule has 2 aliphatic heterocycles. The van der Waals surface area contributed by atoms with E-state index in [1.165, 1.54) is 20.0 Å². The smallest absolute Gasteiger partial charge is 0.338 e. The first-order chi connectivity index (χ1) is 10.9. The quantitative estimate of drug-likeness (QED) is 0.712. The standard InChI is InChI=1S/C17H29NO5/c1-12(2)9-17(21,16(20)22-3)10-15(19)23-11-13-6-8-18-7-4-5-14(13)18/h12-14,21H,4-11H2,1-3H3/t13-,14-,17-/m0/s1. The van der Waals surface area contributed by atoms with Gasteiger partial charge in [-0.25, -0.2) is 4.79 Å². The molecule has 6 nitrogen and oxygen atoms in total. The first-order valence-corrected chi connectivity index (χ1v) is 8.56. The van der Waals surface area contributed by atoms with Gasteiger partial charge in [0.2, 0.25) is 0 Å². The van der Waals surface area contributed by atoms with Gasteiger partial charge in [0.15, 0.2) is 5.60 Å². The average Bonchev–Trinajstić information content (AvgIpc) is 3.06. The highest BCUT2D eigenvalue weighted by molar-refractivity contribution is 5.85. The van der Waals surface area contributed by atoms with Crippen molar-refractivity contribution in [2.24, 2.45) is 11.8 Å². The Morgan fingerprint density at radius 2 is 2.04 bits per heavy atom. The van der Waals surface area contributed by atoms with Crippen LogP contribution in [0.4, 0.5) is 0 Å². The average molecular weight is 327 g/mol. The topological polar surface area (TPSA) is 76.1 Å². The lowest BCUT2D eigenvalue weighted by Gasteiger charge is -2.26. The monoisotopic (exact) mass is 327 g/mol. The molecule has 3 atom stereocenters. The van der Waals surface area contributed by atoms with E-state index in [2.05, 4.69) is 9.64 Å². The minimum Gasteiger partial charge on any atom is -0.467 e. The molecule has 0 aliphatic carbocycles. The van der Waals surface area contributed by atoms with E-state index in [1.54, 1.807) is 0 Å². The fourth-order valence-electron chi connectivity index (χ4n) is 3.96. The fourth-order valence-corrected chi connectivity index (χ4v) is 3.96. The molecule has 0 spiro atoms. The van der Waals surface area contributed by atoms with Crippen molar-refractivity contribution in [3.8, 4) is 0 Å². The van der Waals surface area contributed by atoms with E-state index in [0.29, 0.717) is 18.6 Å². The third-order valence-corrected chi connectivity index (χ3v) is 4.95. The zero-order chi connectivity index (χ0) is 17.0. The summed E-state index contributed by atoms with van der Waals surface area (Å²) in [6.45, 7) is 6.36. The number of ether oxygens (including phenoxy) is 2. The molecule has 2 heterocycles. The number of aliphatic hydroxyl groups is 1. The van der Waals surface area contributed by atoms with E-state index in [-0.39, 0.29) is 18.8 Å². The molecule has 0 aromatic heterocycles. The lowest BCUT2D eigenvalue weighted by Crippen LogP contribution is -2.43. The van der Waals surface area contributed by atoms with Crippen molar-refractivity contribution in [3.63, 3.8) is 0 Å². The molecule has 1 N–H and O–H groups in total. The number of fused-ring (bicyclic) bond motifs is 1. The number of hydrogen-bond donors (Lipinski definition) is 1. The lowest BCUT2D eigenvalue weighted by atomic mass is 9.89. The van der Waals surface area contributed by atoms with Crippen molar-refractivity contribution in [3.05, 3.63) is 0 Å². The number of carbonyl (C=O) groups is 2. The van der Waals surface area contributed by atoms with Gasteiger partial charge in [0.25, 0.3) is 0 Å². The maximum atomic E-state index is 12.1. The van der Waals surface area contributed by atoms with Crippen LogP contribution in [0.5, 0.6) is 0 Å². The normalized spacial score (nSPS) is 26.8. The number of methoxy groups -OCH3 is 1. The van der Waals surface area contributed by atoms with Crippen LogP contribution in [0.3, 0.4) is 0 Å². The van der Waals surface area contributed by atoms with Crippen LogP contribution in [-0.2, 0) is 19.1 Å². The van der Waals surface area contributed by atoms with Gasteiger partial charge in [0.05, 0.1) is 20.1 Å². The predicted octanol–water partition coefficient (Wildman–Crippen LogP) is 1.35. The predicted molar refractivity (Wildman–Crippen MR) is 84.7 cm³/mol. The Balaban J connectivity index is 1.85. The van der Waals surface area contributed by atoms with Crippen molar-refractivity contribution in [1.82, 2.24) is 4.90 Å². The van der Waals surface area contributed by atoms with Gasteiger partial charge in [-0.05, 0) is 44.7 Å². The van der Waals surface area contributed by atoms with Crippen LogP contribution in [0.25, 0.3) is 0 Å². The summed E-state index contributed by atoms with van der Waals surface area (Å²) in [5.74, 6) is -0.868. The number of nitrogens with zero attached hydrogens (tertiary/aromatic N) is 1. The van der Waals surface area contributed by atoms with Gasteiger partial charge < -0.3 is 14.6 Å². The van der Waals surface area contributed by atoms with Crippen LogP contribution in [0.1, 0.15) is 46.0 Å². The van der Waals surface area contributed by atoms with Crippen molar-refractivity contribution in [2.75, 3.05) is 26.8 Å². The summed E-state index contributed by atoms with van der Waals surface area (Å²) in [5, 5.41) is 10.5. The minimum absolute atomic E-state index is 0.0637. The summed E-state index contributed by atoms with van der Waals surface area (Å²) < 4.78 is 10.0. The summed E-state index contributed by atoms with van der Waals surface area (Å²) in [5.41, 5.74) is -1.80. The molecular weight excluding hydrogens is 298 g/mol. The van der Waals surface area contributed by atoms with Gasteiger partial charge in [-0.15, -0.1) is 0 Å².